The summed E-state index contributed by atoms with van der Waals surface area (Å²) in [7, 11) is 1.52. The number of rotatable bonds is 3. The Balaban J connectivity index is 1.75. The molecule has 0 spiro atoms. The van der Waals surface area contributed by atoms with E-state index in [2.05, 4.69) is 37.5 Å². The van der Waals surface area contributed by atoms with Crippen LogP contribution in [-0.2, 0) is 12.8 Å². The molecule has 0 radical (unpaired) electrons. The molecular weight excluding hydrogens is 402 g/mol. The maximum absolute atomic E-state index is 12.5. The molecule has 1 aromatic heterocycles. The first-order valence-corrected chi connectivity index (χ1v) is 10.8. The van der Waals surface area contributed by atoms with Crippen molar-refractivity contribution in [1.29, 1.82) is 5.26 Å². The zero-order valence-electron chi connectivity index (χ0n) is 17.1. The van der Waals surface area contributed by atoms with Gasteiger partial charge in [0, 0.05) is 4.88 Å². The molecule has 1 heterocycles. The van der Waals surface area contributed by atoms with Crippen molar-refractivity contribution in [3.8, 4) is 11.8 Å². The van der Waals surface area contributed by atoms with Crippen LogP contribution in [0.5, 0.6) is 5.75 Å². The van der Waals surface area contributed by atoms with E-state index in [0.29, 0.717) is 27.8 Å². The lowest BCUT2D eigenvalue weighted by Gasteiger charge is -2.33. The summed E-state index contributed by atoms with van der Waals surface area (Å²) in [6.45, 7) is 6.80. The predicted octanol–water partition coefficient (Wildman–Crippen LogP) is 4.91. The molecule has 152 valence electrons. The summed E-state index contributed by atoms with van der Waals surface area (Å²) < 4.78 is 5.23. The van der Waals surface area contributed by atoms with Crippen molar-refractivity contribution in [3.05, 3.63) is 45.8 Å². The molecule has 3 rings (SSSR count). The van der Waals surface area contributed by atoms with Gasteiger partial charge in [0.05, 0.1) is 18.2 Å². The number of para-hydroxylation sites is 1. The minimum absolute atomic E-state index is 0.170. The fraction of sp³-hybridized carbons (Fsp3) is 0.409. The Morgan fingerprint density at radius 3 is 2.72 bits per heavy atom. The van der Waals surface area contributed by atoms with Gasteiger partial charge < -0.3 is 10.1 Å². The number of hydrogen-bond donors (Lipinski definition) is 2. The van der Waals surface area contributed by atoms with Crippen LogP contribution in [0.25, 0.3) is 0 Å². The number of thiophene rings is 1. The molecule has 2 aromatic rings. The molecule has 7 heteroatoms. The molecule has 1 atom stereocenters. The summed E-state index contributed by atoms with van der Waals surface area (Å²) in [5.41, 5.74) is 2.41. The van der Waals surface area contributed by atoms with E-state index >= 15 is 0 Å². The third kappa shape index (κ3) is 4.60. The Labute approximate surface area is 181 Å². The van der Waals surface area contributed by atoms with Gasteiger partial charge in [0.2, 0.25) is 0 Å². The van der Waals surface area contributed by atoms with E-state index < -0.39 is 0 Å². The zero-order chi connectivity index (χ0) is 21.2. The number of anilines is 1. The number of nitriles is 1. The average Bonchev–Trinajstić information content (AvgIpc) is 3.02. The van der Waals surface area contributed by atoms with E-state index in [1.54, 1.807) is 35.6 Å². The van der Waals surface area contributed by atoms with Crippen molar-refractivity contribution in [2.24, 2.45) is 11.3 Å². The lowest BCUT2D eigenvalue weighted by Crippen LogP contribution is -2.34. The summed E-state index contributed by atoms with van der Waals surface area (Å²) >= 11 is 6.90. The van der Waals surface area contributed by atoms with Gasteiger partial charge in [-0.05, 0) is 60.5 Å². The largest absolute Gasteiger partial charge is 0.496 e. The summed E-state index contributed by atoms with van der Waals surface area (Å²) in [5, 5.41) is 16.3. The maximum Gasteiger partial charge on any atom is 0.261 e. The van der Waals surface area contributed by atoms with Crippen LogP contribution in [0.4, 0.5) is 5.00 Å². The molecule has 1 unspecified atom stereocenters. The zero-order valence-corrected chi connectivity index (χ0v) is 18.7. The fourth-order valence-electron chi connectivity index (χ4n) is 3.67. The van der Waals surface area contributed by atoms with Crippen molar-refractivity contribution in [3.63, 3.8) is 0 Å². The number of amides is 1. The number of thiocarbonyl (C=S) groups is 1. The van der Waals surface area contributed by atoms with Crippen molar-refractivity contribution in [1.82, 2.24) is 5.32 Å². The van der Waals surface area contributed by atoms with Crippen LogP contribution in [-0.4, -0.2) is 18.1 Å². The van der Waals surface area contributed by atoms with Crippen LogP contribution in [0.15, 0.2) is 24.3 Å². The lowest BCUT2D eigenvalue weighted by molar-refractivity contribution is 0.0975. The van der Waals surface area contributed by atoms with Gasteiger partial charge in [-0.25, -0.2) is 0 Å². The SMILES string of the molecule is COc1ccccc1C(=O)NC(=S)Nc1sc2c(c1C#N)CCC(C(C)(C)C)C2. The molecular formula is C22H25N3O2S2. The first kappa shape index (κ1) is 21.3. The van der Waals surface area contributed by atoms with Gasteiger partial charge in [0.15, 0.2) is 5.11 Å². The molecule has 1 amide bonds. The van der Waals surface area contributed by atoms with E-state index in [4.69, 9.17) is 17.0 Å². The molecule has 0 aliphatic heterocycles. The highest BCUT2D eigenvalue weighted by Crippen LogP contribution is 2.43. The molecule has 1 aliphatic carbocycles. The molecule has 1 aromatic carbocycles. The molecule has 0 saturated heterocycles. The van der Waals surface area contributed by atoms with Crippen molar-refractivity contribution >= 4 is 39.6 Å². The molecule has 29 heavy (non-hydrogen) atoms. The van der Waals surface area contributed by atoms with Crippen LogP contribution in [0.3, 0.4) is 0 Å². The standard InChI is InChI=1S/C22H25N3O2S2/c1-22(2,3)13-9-10-14-16(12-23)20(29-18(14)11-13)25-21(28)24-19(26)15-7-5-6-8-17(15)27-4/h5-8,13H,9-11H2,1-4H3,(H2,24,25,26,28). The Morgan fingerprint density at radius 2 is 2.07 bits per heavy atom. The first-order valence-electron chi connectivity index (χ1n) is 9.54. The summed E-state index contributed by atoms with van der Waals surface area (Å²) in [5.74, 6) is 0.711. The Bertz CT molecular complexity index is 983. The lowest BCUT2D eigenvalue weighted by atomic mass is 9.72. The minimum atomic E-state index is -0.354. The number of nitrogens with zero attached hydrogens (tertiary/aromatic N) is 1. The smallest absolute Gasteiger partial charge is 0.261 e. The third-order valence-corrected chi connectivity index (χ3v) is 6.78. The minimum Gasteiger partial charge on any atom is -0.496 e. The number of hydrogen-bond acceptors (Lipinski definition) is 5. The van der Waals surface area contributed by atoms with Gasteiger partial charge in [0.1, 0.15) is 16.8 Å². The predicted molar refractivity (Wildman–Crippen MR) is 121 cm³/mol. The number of carbonyl (C=O) groups excluding carboxylic acids is 1. The maximum atomic E-state index is 12.5. The van der Waals surface area contributed by atoms with Crippen LogP contribution in [0.1, 0.15) is 53.6 Å². The van der Waals surface area contributed by atoms with Crippen LogP contribution in [0, 0.1) is 22.7 Å². The number of fused-ring (bicyclic) bond motifs is 1. The van der Waals surface area contributed by atoms with E-state index in [1.165, 1.54) is 12.0 Å². The normalized spacial score (nSPS) is 15.8. The molecule has 5 nitrogen and oxygen atoms in total. The highest BCUT2D eigenvalue weighted by Gasteiger charge is 2.32. The quantitative estimate of drug-likeness (QED) is 0.681. The van der Waals surface area contributed by atoms with Crippen LogP contribution >= 0.6 is 23.6 Å². The second kappa shape index (κ2) is 8.52. The average molecular weight is 428 g/mol. The van der Waals surface area contributed by atoms with Gasteiger partial charge in [-0.1, -0.05) is 32.9 Å². The number of nitrogens with one attached hydrogen (secondary N) is 2. The van der Waals surface area contributed by atoms with E-state index in [1.807, 2.05) is 0 Å². The second-order valence-corrected chi connectivity index (χ2v) is 9.75. The molecule has 0 fully saturated rings. The Kier molecular flexibility index (Phi) is 6.25. The number of ether oxygens (including phenoxy) is 1. The first-order chi connectivity index (χ1) is 13.7. The van der Waals surface area contributed by atoms with Gasteiger partial charge in [-0.15, -0.1) is 11.3 Å². The monoisotopic (exact) mass is 427 g/mol. The highest BCUT2D eigenvalue weighted by molar-refractivity contribution is 7.80. The van der Waals surface area contributed by atoms with E-state index in [9.17, 15) is 10.1 Å². The number of methoxy groups -OCH3 is 1. The van der Waals surface area contributed by atoms with Crippen molar-refractivity contribution < 1.29 is 9.53 Å². The highest BCUT2D eigenvalue weighted by atomic mass is 32.1. The summed E-state index contributed by atoms with van der Waals surface area (Å²) in [4.78, 5) is 13.8. The Hall–Kier alpha value is -2.43. The van der Waals surface area contributed by atoms with E-state index in [0.717, 1.165) is 24.8 Å². The molecule has 1 aliphatic rings. The van der Waals surface area contributed by atoms with Crippen molar-refractivity contribution in [2.75, 3.05) is 12.4 Å². The topological polar surface area (TPSA) is 74.2 Å². The number of carbonyl (C=O) groups is 1. The fourth-order valence-corrected chi connectivity index (χ4v) is 5.21. The summed E-state index contributed by atoms with van der Waals surface area (Å²) in [6, 6.07) is 9.28. The summed E-state index contributed by atoms with van der Waals surface area (Å²) in [6.07, 6.45) is 2.95. The second-order valence-electron chi connectivity index (χ2n) is 8.23. The van der Waals surface area contributed by atoms with Gasteiger partial charge in [-0.2, -0.15) is 5.26 Å². The van der Waals surface area contributed by atoms with Crippen molar-refractivity contribution in [2.45, 2.75) is 40.0 Å². The van der Waals surface area contributed by atoms with Crippen LogP contribution in [0.2, 0.25) is 0 Å². The van der Waals surface area contributed by atoms with E-state index in [-0.39, 0.29) is 16.4 Å². The third-order valence-electron chi connectivity index (χ3n) is 5.41. The number of benzene rings is 1. The van der Waals surface area contributed by atoms with Gasteiger partial charge in [0.25, 0.3) is 5.91 Å². The van der Waals surface area contributed by atoms with Gasteiger partial charge >= 0.3 is 0 Å². The molecule has 0 bridgehead atoms. The van der Waals surface area contributed by atoms with Crippen LogP contribution < -0.4 is 15.4 Å². The molecule has 0 saturated carbocycles. The van der Waals surface area contributed by atoms with Gasteiger partial charge in [-0.3, -0.25) is 10.1 Å². The Morgan fingerprint density at radius 1 is 1.34 bits per heavy atom. The molecule has 2 N–H and O–H groups in total.